The summed E-state index contributed by atoms with van der Waals surface area (Å²) in [5.74, 6) is -1.12. The van der Waals surface area contributed by atoms with E-state index < -0.39 is 22.8 Å². The summed E-state index contributed by atoms with van der Waals surface area (Å²) in [4.78, 5) is 49.9. The standard InChI is InChI=1S/C24H27ClN4O5/c1-15(2)22(27-23(31)19-10-9-18(29(33)34)13-20(19)25)24(32)26-17-7-5-6-16(12-17)14-28-11-4-3-8-21(28)30/h5-7,9-10,12-13,15,22H,3-4,8,11,14H2,1-2H3,(H,26,32)(H,27,31). The number of nitro benzene ring substituents is 1. The van der Waals surface area contributed by atoms with Crippen LogP contribution in [0.2, 0.25) is 5.02 Å². The number of hydrogen-bond donors (Lipinski definition) is 2. The number of amides is 3. The second-order valence-electron chi connectivity index (χ2n) is 8.58. The van der Waals surface area contributed by atoms with Crippen LogP contribution in [0.1, 0.15) is 49.0 Å². The lowest BCUT2D eigenvalue weighted by molar-refractivity contribution is -0.384. The van der Waals surface area contributed by atoms with Crippen molar-refractivity contribution in [2.45, 2.75) is 45.7 Å². The Hall–Kier alpha value is -3.46. The van der Waals surface area contributed by atoms with E-state index >= 15 is 0 Å². The molecule has 2 aromatic rings. The van der Waals surface area contributed by atoms with Gasteiger partial charge in [0.2, 0.25) is 11.8 Å². The van der Waals surface area contributed by atoms with Crippen LogP contribution in [0.4, 0.5) is 11.4 Å². The van der Waals surface area contributed by atoms with Crippen LogP contribution in [-0.2, 0) is 16.1 Å². The summed E-state index contributed by atoms with van der Waals surface area (Å²) in [7, 11) is 0. The molecule has 0 bridgehead atoms. The Morgan fingerprint density at radius 2 is 1.94 bits per heavy atom. The molecule has 1 unspecified atom stereocenters. The third kappa shape index (κ3) is 6.32. The molecule has 34 heavy (non-hydrogen) atoms. The zero-order chi connectivity index (χ0) is 24.8. The Morgan fingerprint density at radius 1 is 1.18 bits per heavy atom. The summed E-state index contributed by atoms with van der Waals surface area (Å²) in [6, 6.07) is 9.93. The number of rotatable bonds is 8. The van der Waals surface area contributed by atoms with Crippen LogP contribution in [0.15, 0.2) is 42.5 Å². The zero-order valence-electron chi connectivity index (χ0n) is 19.0. The van der Waals surface area contributed by atoms with Crippen molar-refractivity contribution in [2.75, 3.05) is 11.9 Å². The lowest BCUT2D eigenvalue weighted by atomic mass is 10.0. The maximum Gasteiger partial charge on any atom is 0.270 e. The second kappa shape index (κ2) is 11.1. The van der Waals surface area contributed by atoms with Gasteiger partial charge in [-0.15, -0.1) is 0 Å². The van der Waals surface area contributed by atoms with Gasteiger partial charge in [0, 0.05) is 37.3 Å². The van der Waals surface area contributed by atoms with E-state index in [1.54, 1.807) is 26.0 Å². The maximum absolute atomic E-state index is 13.0. The summed E-state index contributed by atoms with van der Waals surface area (Å²) in [5, 5.41) is 16.3. The first-order valence-corrected chi connectivity index (χ1v) is 11.5. The Labute approximate surface area is 202 Å². The minimum Gasteiger partial charge on any atom is -0.340 e. The summed E-state index contributed by atoms with van der Waals surface area (Å²) < 4.78 is 0. The maximum atomic E-state index is 13.0. The number of carbonyl (C=O) groups is 3. The van der Waals surface area contributed by atoms with Crippen molar-refractivity contribution < 1.29 is 19.3 Å². The van der Waals surface area contributed by atoms with Crippen LogP contribution < -0.4 is 10.6 Å². The Bertz CT molecular complexity index is 1100. The van der Waals surface area contributed by atoms with E-state index in [4.69, 9.17) is 11.6 Å². The number of nitrogens with zero attached hydrogens (tertiary/aromatic N) is 2. The highest BCUT2D eigenvalue weighted by atomic mass is 35.5. The van der Waals surface area contributed by atoms with Gasteiger partial charge in [-0.25, -0.2) is 0 Å². The first-order chi connectivity index (χ1) is 16.2. The smallest absolute Gasteiger partial charge is 0.270 e. The molecule has 180 valence electrons. The molecule has 9 nitrogen and oxygen atoms in total. The monoisotopic (exact) mass is 486 g/mol. The number of non-ortho nitro benzene ring substituents is 1. The second-order valence-corrected chi connectivity index (χ2v) is 8.99. The summed E-state index contributed by atoms with van der Waals surface area (Å²) in [5.41, 5.74) is 1.26. The molecule has 3 rings (SSSR count). The quantitative estimate of drug-likeness (QED) is 0.428. The fraction of sp³-hybridized carbons (Fsp3) is 0.375. The fourth-order valence-corrected chi connectivity index (χ4v) is 4.03. The molecule has 1 aliphatic rings. The Balaban J connectivity index is 1.69. The molecule has 0 aliphatic carbocycles. The van der Waals surface area contributed by atoms with Gasteiger partial charge in [-0.05, 0) is 42.5 Å². The van der Waals surface area contributed by atoms with Gasteiger partial charge in [-0.2, -0.15) is 0 Å². The van der Waals surface area contributed by atoms with Crippen LogP contribution in [0, 0.1) is 16.0 Å². The van der Waals surface area contributed by atoms with Crippen LogP contribution in [-0.4, -0.2) is 40.1 Å². The number of piperidine rings is 1. The molecule has 0 aromatic heterocycles. The van der Waals surface area contributed by atoms with Crippen molar-refractivity contribution >= 4 is 40.7 Å². The summed E-state index contributed by atoms with van der Waals surface area (Å²) in [6.45, 7) is 4.79. The number of carbonyl (C=O) groups excluding carboxylic acids is 3. The molecule has 0 spiro atoms. The number of benzene rings is 2. The van der Waals surface area contributed by atoms with E-state index in [1.807, 2.05) is 17.0 Å². The van der Waals surface area contributed by atoms with Gasteiger partial charge in [-0.1, -0.05) is 37.6 Å². The molecule has 0 radical (unpaired) electrons. The van der Waals surface area contributed by atoms with E-state index in [2.05, 4.69) is 10.6 Å². The van der Waals surface area contributed by atoms with E-state index in [0.29, 0.717) is 18.7 Å². The van der Waals surface area contributed by atoms with Gasteiger partial charge in [0.15, 0.2) is 0 Å². The molecule has 2 N–H and O–H groups in total. The van der Waals surface area contributed by atoms with Gasteiger partial charge in [0.1, 0.15) is 6.04 Å². The largest absolute Gasteiger partial charge is 0.340 e. The fourth-order valence-electron chi connectivity index (χ4n) is 3.77. The molecule has 2 aromatic carbocycles. The first kappa shape index (κ1) is 25.2. The molecular formula is C24H27ClN4O5. The molecule has 1 aliphatic heterocycles. The normalized spacial score (nSPS) is 14.6. The van der Waals surface area contributed by atoms with Gasteiger partial charge < -0.3 is 15.5 Å². The molecule has 1 saturated heterocycles. The van der Waals surface area contributed by atoms with Crippen molar-refractivity contribution in [3.05, 3.63) is 68.7 Å². The van der Waals surface area contributed by atoms with Crippen molar-refractivity contribution in [2.24, 2.45) is 5.92 Å². The van der Waals surface area contributed by atoms with Gasteiger partial charge in [0.05, 0.1) is 15.5 Å². The first-order valence-electron chi connectivity index (χ1n) is 11.1. The summed E-state index contributed by atoms with van der Waals surface area (Å²) in [6.07, 6.45) is 2.46. The molecular weight excluding hydrogens is 460 g/mol. The van der Waals surface area contributed by atoms with Gasteiger partial charge in [0.25, 0.3) is 11.6 Å². The molecule has 1 heterocycles. The number of anilines is 1. The number of hydrogen-bond acceptors (Lipinski definition) is 5. The van der Waals surface area contributed by atoms with Crippen LogP contribution in [0.3, 0.4) is 0 Å². The lowest BCUT2D eigenvalue weighted by Gasteiger charge is -2.27. The average Bonchev–Trinajstić information content (AvgIpc) is 2.78. The lowest BCUT2D eigenvalue weighted by Crippen LogP contribution is -2.47. The van der Waals surface area contributed by atoms with Crippen LogP contribution in [0.25, 0.3) is 0 Å². The third-order valence-electron chi connectivity index (χ3n) is 5.63. The number of halogens is 1. The number of likely N-dealkylation sites (tertiary alicyclic amines) is 1. The number of nitro groups is 1. The van der Waals surface area contributed by atoms with Crippen molar-refractivity contribution in [3.63, 3.8) is 0 Å². The van der Waals surface area contributed by atoms with E-state index in [0.717, 1.165) is 31.0 Å². The predicted molar refractivity (Wildman–Crippen MR) is 129 cm³/mol. The van der Waals surface area contributed by atoms with Crippen LogP contribution >= 0.6 is 11.6 Å². The Kier molecular flexibility index (Phi) is 8.22. The van der Waals surface area contributed by atoms with Crippen molar-refractivity contribution in [1.82, 2.24) is 10.2 Å². The van der Waals surface area contributed by atoms with Crippen molar-refractivity contribution in [3.8, 4) is 0 Å². The molecule has 3 amide bonds. The minimum absolute atomic E-state index is 0.0407. The van der Waals surface area contributed by atoms with Crippen LogP contribution in [0.5, 0.6) is 0 Å². The minimum atomic E-state index is -0.869. The van der Waals surface area contributed by atoms with Crippen molar-refractivity contribution in [1.29, 1.82) is 0 Å². The molecule has 0 saturated carbocycles. The third-order valence-corrected chi connectivity index (χ3v) is 5.95. The molecule has 1 atom stereocenters. The van der Waals surface area contributed by atoms with Gasteiger partial charge >= 0.3 is 0 Å². The van der Waals surface area contributed by atoms with E-state index in [-0.39, 0.29) is 28.1 Å². The topological polar surface area (TPSA) is 122 Å². The number of nitrogens with one attached hydrogen (secondary N) is 2. The Morgan fingerprint density at radius 3 is 2.59 bits per heavy atom. The SMILES string of the molecule is CC(C)C(NC(=O)c1ccc([N+](=O)[O-])cc1Cl)C(=O)Nc1cccc(CN2CCCCC2=O)c1. The zero-order valence-corrected chi connectivity index (χ0v) is 19.8. The summed E-state index contributed by atoms with van der Waals surface area (Å²) >= 11 is 6.05. The van der Waals surface area contributed by atoms with E-state index in [1.165, 1.54) is 12.1 Å². The highest BCUT2D eigenvalue weighted by Crippen LogP contribution is 2.23. The molecule has 1 fully saturated rings. The molecule has 10 heteroatoms. The van der Waals surface area contributed by atoms with Gasteiger partial charge in [-0.3, -0.25) is 24.5 Å². The van der Waals surface area contributed by atoms with E-state index in [9.17, 15) is 24.5 Å². The predicted octanol–water partition coefficient (Wildman–Crippen LogP) is 4.15. The highest BCUT2D eigenvalue weighted by molar-refractivity contribution is 6.34. The average molecular weight is 487 g/mol. The highest BCUT2D eigenvalue weighted by Gasteiger charge is 2.26.